The molecule has 0 aromatic heterocycles. The number of carbonyl (C=O) groups is 2. The maximum Gasteiger partial charge on any atom is 0.317 e. The van der Waals surface area contributed by atoms with Crippen molar-refractivity contribution in [2.24, 2.45) is 0 Å². The first-order chi connectivity index (χ1) is 10.1. The number of nitrogens with zero attached hydrogens (tertiary/aromatic N) is 1. The minimum atomic E-state index is -0.910. The van der Waals surface area contributed by atoms with E-state index in [1.807, 2.05) is 0 Å². The van der Waals surface area contributed by atoms with Gasteiger partial charge in [0.1, 0.15) is 0 Å². The second-order valence-corrected chi connectivity index (χ2v) is 5.67. The number of carboxylic acid groups (broad SMARTS) is 1. The van der Waals surface area contributed by atoms with Crippen LogP contribution in [-0.2, 0) is 9.59 Å². The lowest BCUT2D eigenvalue weighted by Crippen LogP contribution is -2.42. The van der Waals surface area contributed by atoms with Crippen molar-refractivity contribution in [3.63, 3.8) is 0 Å². The molecule has 0 heterocycles. The van der Waals surface area contributed by atoms with E-state index in [1.165, 1.54) is 0 Å². The number of amides is 1. The topological polar surface area (TPSA) is 69.6 Å². The maximum atomic E-state index is 12.1. The molecule has 0 bridgehead atoms. The average Bonchev–Trinajstić information content (AvgIpc) is 2.94. The van der Waals surface area contributed by atoms with Gasteiger partial charge < -0.3 is 10.4 Å². The van der Waals surface area contributed by atoms with Crippen molar-refractivity contribution >= 4 is 29.2 Å². The van der Waals surface area contributed by atoms with E-state index in [2.05, 4.69) is 5.32 Å². The summed E-state index contributed by atoms with van der Waals surface area (Å²) < 4.78 is 0. The molecule has 1 amide bonds. The maximum absolute atomic E-state index is 12.1. The molecule has 1 aliphatic carbocycles. The minimum absolute atomic E-state index is 0.0716. The highest BCUT2D eigenvalue weighted by molar-refractivity contribution is 6.33. The smallest absolute Gasteiger partial charge is 0.317 e. The number of carboxylic acids is 1. The van der Waals surface area contributed by atoms with Crippen molar-refractivity contribution < 1.29 is 14.7 Å². The quantitative estimate of drug-likeness (QED) is 0.847. The predicted octanol–water partition coefficient (Wildman–Crippen LogP) is 2.61. The zero-order chi connectivity index (χ0) is 15.2. The Balaban J connectivity index is 1.97. The van der Waals surface area contributed by atoms with E-state index >= 15 is 0 Å². The average molecular weight is 311 g/mol. The fraction of sp³-hybridized carbons (Fsp3) is 0.467. The first-order valence-corrected chi connectivity index (χ1v) is 7.44. The van der Waals surface area contributed by atoms with Crippen LogP contribution >= 0.6 is 11.6 Å². The van der Waals surface area contributed by atoms with Crippen molar-refractivity contribution in [3.8, 4) is 0 Å². The molecule has 1 fully saturated rings. The third kappa shape index (κ3) is 4.72. The summed E-state index contributed by atoms with van der Waals surface area (Å²) in [5.74, 6) is -1.15. The van der Waals surface area contributed by atoms with Crippen LogP contribution in [0.2, 0.25) is 5.02 Å². The number of hydrogen-bond donors (Lipinski definition) is 2. The number of hydrogen-bond acceptors (Lipinski definition) is 3. The Morgan fingerprint density at radius 3 is 2.52 bits per heavy atom. The number of para-hydroxylation sites is 1. The summed E-state index contributed by atoms with van der Waals surface area (Å²) in [4.78, 5) is 24.8. The largest absolute Gasteiger partial charge is 0.480 e. The summed E-state index contributed by atoms with van der Waals surface area (Å²) in [5.41, 5.74) is 0.547. The Morgan fingerprint density at radius 2 is 1.90 bits per heavy atom. The zero-order valence-electron chi connectivity index (χ0n) is 11.7. The number of anilines is 1. The van der Waals surface area contributed by atoms with Crippen LogP contribution in [0.15, 0.2) is 24.3 Å². The Bertz CT molecular complexity index is 515. The molecule has 2 rings (SSSR count). The van der Waals surface area contributed by atoms with Crippen LogP contribution in [-0.4, -0.2) is 41.0 Å². The van der Waals surface area contributed by atoms with Crippen LogP contribution in [0.4, 0.5) is 5.69 Å². The molecule has 0 atom stereocenters. The molecule has 0 unspecified atom stereocenters. The van der Waals surface area contributed by atoms with Crippen molar-refractivity contribution in [1.82, 2.24) is 4.90 Å². The molecule has 1 aliphatic rings. The highest BCUT2D eigenvalue weighted by atomic mass is 35.5. The summed E-state index contributed by atoms with van der Waals surface area (Å²) in [6, 6.07) is 7.17. The van der Waals surface area contributed by atoms with E-state index in [0.717, 1.165) is 25.7 Å². The van der Waals surface area contributed by atoms with Gasteiger partial charge in [0.15, 0.2) is 0 Å². The first-order valence-electron chi connectivity index (χ1n) is 7.06. The van der Waals surface area contributed by atoms with Gasteiger partial charge in [0, 0.05) is 6.04 Å². The minimum Gasteiger partial charge on any atom is -0.480 e. The van der Waals surface area contributed by atoms with Gasteiger partial charge in [0.05, 0.1) is 23.8 Å². The number of aliphatic carboxylic acids is 1. The SMILES string of the molecule is O=C(O)CN(CC(=O)Nc1ccccc1Cl)C1CCCC1. The van der Waals surface area contributed by atoms with Gasteiger partial charge in [-0.05, 0) is 25.0 Å². The molecule has 0 spiro atoms. The molecule has 21 heavy (non-hydrogen) atoms. The summed E-state index contributed by atoms with van der Waals surface area (Å²) >= 11 is 5.99. The van der Waals surface area contributed by atoms with Crippen LogP contribution in [0.1, 0.15) is 25.7 Å². The van der Waals surface area contributed by atoms with Gasteiger partial charge in [-0.2, -0.15) is 0 Å². The van der Waals surface area contributed by atoms with Crippen LogP contribution in [0.3, 0.4) is 0 Å². The monoisotopic (exact) mass is 310 g/mol. The lowest BCUT2D eigenvalue weighted by atomic mass is 10.2. The molecule has 1 saturated carbocycles. The lowest BCUT2D eigenvalue weighted by molar-refractivity contribution is -0.139. The molecule has 6 heteroatoms. The van der Waals surface area contributed by atoms with Gasteiger partial charge in [-0.25, -0.2) is 0 Å². The van der Waals surface area contributed by atoms with Crippen molar-refractivity contribution in [2.45, 2.75) is 31.7 Å². The third-order valence-electron chi connectivity index (χ3n) is 3.67. The van der Waals surface area contributed by atoms with Crippen molar-refractivity contribution in [1.29, 1.82) is 0 Å². The van der Waals surface area contributed by atoms with E-state index in [1.54, 1.807) is 29.2 Å². The van der Waals surface area contributed by atoms with Crippen molar-refractivity contribution in [3.05, 3.63) is 29.3 Å². The normalized spacial score (nSPS) is 15.3. The van der Waals surface area contributed by atoms with Crippen LogP contribution in [0.5, 0.6) is 0 Å². The van der Waals surface area contributed by atoms with E-state index in [0.29, 0.717) is 10.7 Å². The van der Waals surface area contributed by atoms with E-state index in [-0.39, 0.29) is 25.0 Å². The molecule has 0 saturated heterocycles. The molecule has 2 N–H and O–H groups in total. The number of nitrogens with one attached hydrogen (secondary N) is 1. The number of halogens is 1. The highest BCUT2D eigenvalue weighted by Gasteiger charge is 2.26. The Morgan fingerprint density at radius 1 is 1.24 bits per heavy atom. The standard InChI is InChI=1S/C15H19ClN2O3/c16-12-7-3-4-8-13(12)17-14(19)9-18(10-15(20)21)11-5-1-2-6-11/h3-4,7-8,11H,1-2,5-6,9-10H2,(H,17,19)(H,20,21). The number of rotatable bonds is 6. The second-order valence-electron chi connectivity index (χ2n) is 5.27. The number of benzene rings is 1. The van der Waals surface area contributed by atoms with Gasteiger partial charge in [0.25, 0.3) is 0 Å². The molecule has 0 aliphatic heterocycles. The van der Waals surface area contributed by atoms with Gasteiger partial charge in [-0.1, -0.05) is 36.6 Å². The predicted molar refractivity (Wildman–Crippen MR) is 81.5 cm³/mol. The van der Waals surface area contributed by atoms with Gasteiger partial charge in [-0.3, -0.25) is 14.5 Å². The van der Waals surface area contributed by atoms with Gasteiger partial charge >= 0.3 is 5.97 Å². The molecule has 1 aromatic rings. The Labute approximate surface area is 128 Å². The van der Waals surface area contributed by atoms with Crippen LogP contribution in [0.25, 0.3) is 0 Å². The molecular formula is C15H19ClN2O3. The molecule has 0 radical (unpaired) electrons. The molecular weight excluding hydrogens is 292 g/mol. The van der Waals surface area contributed by atoms with Crippen LogP contribution in [0, 0.1) is 0 Å². The zero-order valence-corrected chi connectivity index (χ0v) is 12.5. The Kier molecular flexibility index (Phi) is 5.59. The van der Waals surface area contributed by atoms with Crippen LogP contribution < -0.4 is 5.32 Å². The summed E-state index contributed by atoms with van der Waals surface area (Å²) in [5, 5.41) is 12.2. The second kappa shape index (κ2) is 7.43. The lowest BCUT2D eigenvalue weighted by Gasteiger charge is -2.26. The third-order valence-corrected chi connectivity index (χ3v) is 4.00. The van der Waals surface area contributed by atoms with Gasteiger partial charge in [-0.15, -0.1) is 0 Å². The Hall–Kier alpha value is -1.59. The fourth-order valence-electron chi connectivity index (χ4n) is 2.69. The van der Waals surface area contributed by atoms with E-state index in [4.69, 9.17) is 16.7 Å². The first kappa shape index (κ1) is 15.8. The van der Waals surface area contributed by atoms with Gasteiger partial charge in [0.2, 0.25) is 5.91 Å². The summed E-state index contributed by atoms with van der Waals surface area (Å²) in [6.45, 7) is -0.0389. The molecule has 5 nitrogen and oxygen atoms in total. The van der Waals surface area contributed by atoms with Crippen molar-refractivity contribution in [2.75, 3.05) is 18.4 Å². The number of carbonyl (C=O) groups excluding carboxylic acids is 1. The molecule has 114 valence electrons. The van der Waals surface area contributed by atoms with E-state index in [9.17, 15) is 9.59 Å². The van der Waals surface area contributed by atoms with E-state index < -0.39 is 5.97 Å². The summed E-state index contributed by atoms with van der Waals surface area (Å²) in [7, 11) is 0. The highest BCUT2D eigenvalue weighted by Crippen LogP contribution is 2.24. The fourth-order valence-corrected chi connectivity index (χ4v) is 2.88. The molecule has 1 aromatic carbocycles. The summed E-state index contributed by atoms with van der Waals surface area (Å²) in [6.07, 6.45) is 4.08.